The normalized spacial score (nSPS) is 11.4. The van der Waals surface area contributed by atoms with Gasteiger partial charge >= 0.3 is 6.18 Å². The molecule has 0 aliphatic heterocycles. The lowest BCUT2D eigenvalue weighted by molar-refractivity contribution is -0.384. The van der Waals surface area contributed by atoms with Crippen LogP contribution in [-0.2, 0) is 25.8 Å². The molecule has 0 fully saturated rings. The molecule has 0 aliphatic carbocycles. The molecule has 0 saturated heterocycles. The van der Waals surface area contributed by atoms with Crippen LogP contribution in [0.5, 0.6) is 0 Å². The molecule has 2 N–H and O–H groups in total. The molecule has 11 heteroatoms. The van der Waals surface area contributed by atoms with Gasteiger partial charge in [-0.1, -0.05) is 30.3 Å². The minimum absolute atomic E-state index is 0. The van der Waals surface area contributed by atoms with Crippen LogP contribution in [-0.4, -0.2) is 15.9 Å². The smallest absolute Gasteiger partial charge is 0.352 e. The lowest BCUT2D eigenvalue weighted by Gasteiger charge is -2.13. The van der Waals surface area contributed by atoms with Gasteiger partial charge in [0.05, 0.1) is 29.3 Å². The Morgan fingerprint density at radius 3 is 2.33 bits per heavy atom. The molecule has 0 radical (unpaired) electrons. The maximum Gasteiger partial charge on any atom is 0.416 e. The van der Waals surface area contributed by atoms with Gasteiger partial charge in [-0.05, 0) is 35.4 Å². The summed E-state index contributed by atoms with van der Waals surface area (Å²) in [6.45, 7) is 0.700. The van der Waals surface area contributed by atoms with Crippen molar-refractivity contribution < 1.29 is 18.1 Å². The second-order valence-corrected chi connectivity index (χ2v) is 6.81. The van der Waals surface area contributed by atoms with Crippen molar-refractivity contribution >= 4 is 35.6 Å². The zero-order chi connectivity index (χ0) is 23.0. The number of hydrogen-bond acceptors (Lipinski definition) is 4. The monoisotopic (exact) mass is 571 g/mol. The van der Waals surface area contributed by atoms with Crippen LogP contribution in [0, 0.1) is 10.1 Å². The number of aromatic nitrogens is 1. The summed E-state index contributed by atoms with van der Waals surface area (Å²) in [7, 11) is 0. The number of nitrogens with zero attached hydrogens (tertiary/aromatic N) is 3. The van der Waals surface area contributed by atoms with Gasteiger partial charge < -0.3 is 10.6 Å². The first-order valence-corrected chi connectivity index (χ1v) is 9.63. The number of hydrogen-bond donors (Lipinski definition) is 2. The van der Waals surface area contributed by atoms with Crippen LogP contribution in [0.2, 0.25) is 0 Å². The maximum absolute atomic E-state index is 13.0. The highest BCUT2D eigenvalue weighted by molar-refractivity contribution is 14.0. The highest BCUT2D eigenvalue weighted by atomic mass is 127. The predicted molar refractivity (Wildman–Crippen MR) is 129 cm³/mol. The number of aliphatic imine (C=N–C) groups is 1. The van der Waals surface area contributed by atoms with E-state index in [0.717, 1.165) is 23.4 Å². The van der Waals surface area contributed by atoms with E-state index in [-0.39, 0.29) is 36.2 Å². The van der Waals surface area contributed by atoms with Gasteiger partial charge in [-0.25, -0.2) is 4.99 Å². The molecule has 0 bridgehead atoms. The Labute approximate surface area is 205 Å². The summed E-state index contributed by atoms with van der Waals surface area (Å²) in [5, 5.41) is 17.0. The van der Waals surface area contributed by atoms with E-state index in [2.05, 4.69) is 20.6 Å². The van der Waals surface area contributed by atoms with E-state index in [4.69, 9.17) is 0 Å². The Kier molecular flexibility index (Phi) is 9.57. The standard InChI is InChI=1S/C22H20F3N5O2.HI/c23-22(24,25)18-5-3-4-17(12-18)14-28-21(29-15-19-6-1-2-11-26-19)27-13-16-7-9-20(10-8-16)30(31)32;/h1-12H,13-15H2,(H2,27,28,29);1H. The van der Waals surface area contributed by atoms with Crippen molar-refractivity contribution in [1.82, 2.24) is 15.6 Å². The van der Waals surface area contributed by atoms with Gasteiger partial charge in [-0.3, -0.25) is 15.1 Å². The van der Waals surface area contributed by atoms with Crippen molar-refractivity contribution in [3.8, 4) is 0 Å². The topological polar surface area (TPSA) is 92.5 Å². The molecule has 174 valence electrons. The van der Waals surface area contributed by atoms with Crippen molar-refractivity contribution in [2.45, 2.75) is 25.8 Å². The first-order valence-electron chi connectivity index (χ1n) is 9.63. The molecule has 0 spiro atoms. The lowest BCUT2D eigenvalue weighted by Crippen LogP contribution is -2.36. The van der Waals surface area contributed by atoms with Gasteiger partial charge in [0.1, 0.15) is 0 Å². The Morgan fingerprint density at radius 2 is 1.70 bits per heavy atom. The van der Waals surface area contributed by atoms with Gasteiger partial charge in [0.25, 0.3) is 5.69 Å². The molecule has 0 saturated carbocycles. The maximum atomic E-state index is 13.0. The zero-order valence-electron chi connectivity index (χ0n) is 17.2. The van der Waals surface area contributed by atoms with E-state index in [0.29, 0.717) is 24.6 Å². The second kappa shape index (κ2) is 12.1. The Morgan fingerprint density at radius 1 is 0.970 bits per heavy atom. The number of rotatable bonds is 7. The number of nitrogens with one attached hydrogen (secondary N) is 2. The molecule has 0 atom stereocenters. The van der Waals surface area contributed by atoms with Crippen molar-refractivity contribution in [1.29, 1.82) is 0 Å². The van der Waals surface area contributed by atoms with E-state index >= 15 is 0 Å². The minimum atomic E-state index is -4.42. The van der Waals surface area contributed by atoms with Crippen molar-refractivity contribution in [3.05, 3.63) is 105 Å². The number of halogens is 4. The molecular formula is C22H21F3IN5O2. The molecule has 2 aromatic carbocycles. The van der Waals surface area contributed by atoms with Crippen molar-refractivity contribution in [2.24, 2.45) is 4.99 Å². The third-order valence-corrected chi connectivity index (χ3v) is 4.44. The SMILES string of the molecule is I.O=[N+]([O-])c1ccc(CNC(=NCc2cccc(C(F)(F)F)c2)NCc2ccccn2)cc1. The van der Waals surface area contributed by atoms with Crippen LogP contribution in [0.25, 0.3) is 0 Å². The molecule has 7 nitrogen and oxygen atoms in total. The Bertz CT molecular complexity index is 1080. The van der Waals surface area contributed by atoms with E-state index in [1.165, 1.54) is 18.2 Å². The van der Waals surface area contributed by atoms with Crippen molar-refractivity contribution in [2.75, 3.05) is 0 Å². The molecule has 3 rings (SSSR count). The molecular weight excluding hydrogens is 550 g/mol. The predicted octanol–water partition coefficient (Wildman–Crippen LogP) is 5.06. The zero-order valence-corrected chi connectivity index (χ0v) is 19.6. The first kappa shape index (κ1) is 26.0. The number of alkyl halides is 3. The Balaban J connectivity index is 0.00000385. The van der Waals surface area contributed by atoms with Gasteiger partial charge in [0.15, 0.2) is 5.96 Å². The summed E-state index contributed by atoms with van der Waals surface area (Å²) >= 11 is 0. The third-order valence-electron chi connectivity index (χ3n) is 4.44. The molecule has 0 aliphatic rings. The number of non-ortho nitro benzene ring substituents is 1. The second-order valence-electron chi connectivity index (χ2n) is 6.81. The van der Waals surface area contributed by atoms with Gasteiger partial charge in [0.2, 0.25) is 0 Å². The summed E-state index contributed by atoms with van der Waals surface area (Å²) in [6.07, 6.45) is -2.77. The van der Waals surface area contributed by atoms with Crippen molar-refractivity contribution in [3.63, 3.8) is 0 Å². The lowest BCUT2D eigenvalue weighted by atomic mass is 10.1. The number of nitro benzene ring substituents is 1. The average molecular weight is 571 g/mol. The largest absolute Gasteiger partial charge is 0.416 e. The summed E-state index contributed by atoms with van der Waals surface area (Å²) in [6, 6.07) is 16.5. The molecule has 3 aromatic rings. The molecule has 1 heterocycles. The van der Waals surface area contributed by atoms with Gasteiger partial charge in [0, 0.05) is 24.9 Å². The fourth-order valence-corrected chi connectivity index (χ4v) is 2.79. The molecule has 0 amide bonds. The van der Waals surface area contributed by atoms with Crippen LogP contribution in [0.15, 0.2) is 77.9 Å². The van der Waals surface area contributed by atoms with E-state index in [9.17, 15) is 23.3 Å². The molecule has 33 heavy (non-hydrogen) atoms. The van der Waals surface area contributed by atoms with Gasteiger partial charge in [-0.15, -0.1) is 24.0 Å². The van der Waals surface area contributed by atoms with Crippen LogP contribution in [0.1, 0.15) is 22.4 Å². The Hall–Kier alpha value is -3.22. The highest BCUT2D eigenvalue weighted by Gasteiger charge is 2.30. The molecule has 0 unspecified atom stereocenters. The van der Waals surface area contributed by atoms with E-state index in [1.807, 2.05) is 12.1 Å². The number of benzene rings is 2. The van der Waals surface area contributed by atoms with Gasteiger partial charge in [-0.2, -0.15) is 13.2 Å². The third kappa shape index (κ3) is 8.33. The van der Waals surface area contributed by atoms with Crippen LogP contribution in [0.4, 0.5) is 18.9 Å². The first-order chi connectivity index (χ1) is 15.3. The number of nitro groups is 1. The fraction of sp³-hybridized carbons (Fsp3) is 0.182. The number of pyridine rings is 1. The fourth-order valence-electron chi connectivity index (χ4n) is 2.79. The van der Waals surface area contributed by atoms with Crippen LogP contribution in [0.3, 0.4) is 0 Å². The number of guanidine groups is 1. The summed E-state index contributed by atoms with van der Waals surface area (Å²) < 4.78 is 38.9. The van der Waals surface area contributed by atoms with E-state index < -0.39 is 16.7 Å². The van der Waals surface area contributed by atoms with E-state index in [1.54, 1.807) is 30.5 Å². The quantitative estimate of drug-likeness (QED) is 0.136. The molecule has 1 aromatic heterocycles. The van der Waals surface area contributed by atoms with Crippen LogP contribution >= 0.6 is 24.0 Å². The highest BCUT2D eigenvalue weighted by Crippen LogP contribution is 2.29. The summed E-state index contributed by atoms with van der Waals surface area (Å²) in [5.41, 5.74) is 1.21. The summed E-state index contributed by atoms with van der Waals surface area (Å²) in [4.78, 5) is 18.9. The minimum Gasteiger partial charge on any atom is -0.352 e. The average Bonchev–Trinajstić information content (AvgIpc) is 2.79. The van der Waals surface area contributed by atoms with Crippen LogP contribution < -0.4 is 10.6 Å². The summed E-state index contributed by atoms with van der Waals surface area (Å²) in [5.74, 6) is 0.367.